The maximum atomic E-state index is 12.3. The van der Waals surface area contributed by atoms with Gasteiger partial charge in [-0.25, -0.2) is 4.98 Å². The zero-order chi connectivity index (χ0) is 17.8. The molecule has 0 aliphatic rings. The van der Waals surface area contributed by atoms with E-state index in [4.69, 9.17) is 0 Å². The molecule has 0 aliphatic heterocycles. The van der Waals surface area contributed by atoms with Crippen molar-refractivity contribution < 1.29 is 9.72 Å². The summed E-state index contributed by atoms with van der Waals surface area (Å²) in [7, 11) is 0. The summed E-state index contributed by atoms with van der Waals surface area (Å²) in [5.41, 5.74) is 3.10. The number of nitro groups is 1. The number of non-ortho nitro benzene ring substituents is 1. The van der Waals surface area contributed by atoms with Crippen molar-refractivity contribution >= 4 is 28.1 Å². The van der Waals surface area contributed by atoms with Gasteiger partial charge in [-0.15, -0.1) is 11.3 Å². The fourth-order valence-electron chi connectivity index (χ4n) is 2.30. The first kappa shape index (κ1) is 16.8. The lowest BCUT2D eigenvalue weighted by atomic mass is 10.1. The number of amides is 1. The lowest BCUT2D eigenvalue weighted by molar-refractivity contribution is -0.384. The summed E-state index contributed by atoms with van der Waals surface area (Å²) in [4.78, 5) is 26.9. The van der Waals surface area contributed by atoms with E-state index in [1.165, 1.54) is 41.2 Å². The summed E-state index contributed by atoms with van der Waals surface area (Å²) in [6, 6.07) is 13.7. The van der Waals surface area contributed by atoms with Gasteiger partial charge in [-0.3, -0.25) is 20.2 Å². The Labute approximate surface area is 148 Å². The van der Waals surface area contributed by atoms with Crippen molar-refractivity contribution in [2.24, 2.45) is 0 Å². The van der Waals surface area contributed by atoms with Crippen molar-refractivity contribution in [3.8, 4) is 11.3 Å². The van der Waals surface area contributed by atoms with Gasteiger partial charge in [0.05, 0.1) is 10.6 Å². The van der Waals surface area contributed by atoms with Crippen LogP contribution in [0, 0.1) is 10.1 Å². The van der Waals surface area contributed by atoms with Crippen LogP contribution in [0.15, 0.2) is 53.9 Å². The average molecular weight is 353 g/mol. The quantitative estimate of drug-likeness (QED) is 0.539. The summed E-state index contributed by atoms with van der Waals surface area (Å²) < 4.78 is 0. The van der Waals surface area contributed by atoms with Gasteiger partial charge in [-0.05, 0) is 18.1 Å². The zero-order valence-electron chi connectivity index (χ0n) is 13.4. The van der Waals surface area contributed by atoms with Crippen molar-refractivity contribution in [1.29, 1.82) is 0 Å². The molecule has 126 valence electrons. The van der Waals surface area contributed by atoms with Crippen LogP contribution in [0.5, 0.6) is 0 Å². The predicted octanol–water partition coefficient (Wildman–Crippen LogP) is 4.53. The lowest BCUT2D eigenvalue weighted by Gasteiger charge is -2.02. The summed E-state index contributed by atoms with van der Waals surface area (Å²) >= 11 is 1.31. The third-order valence-electron chi connectivity index (χ3n) is 3.70. The zero-order valence-corrected chi connectivity index (χ0v) is 14.2. The van der Waals surface area contributed by atoms with Gasteiger partial charge in [0.1, 0.15) is 0 Å². The van der Waals surface area contributed by atoms with E-state index in [-0.39, 0.29) is 11.3 Å². The van der Waals surface area contributed by atoms with E-state index < -0.39 is 10.8 Å². The fourth-order valence-corrected chi connectivity index (χ4v) is 3.02. The number of nitrogens with zero attached hydrogens (tertiary/aromatic N) is 2. The third kappa shape index (κ3) is 3.89. The molecule has 1 heterocycles. The number of thiazole rings is 1. The van der Waals surface area contributed by atoms with Crippen LogP contribution in [0.1, 0.15) is 22.8 Å². The molecule has 1 aromatic heterocycles. The Morgan fingerprint density at radius 2 is 2.00 bits per heavy atom. The number of carbonyl (C=O) groups is 1. The van der Waals surface area contributed by atoms with Gasteiger partial charge < -0.3 is 0 Å². The molecular weight excluding hydrogens is 338 g/mol. The predicted molar refractivity (Wildman–Crippen MR) is 98.0 cm³/mol. The van der Waals surface area contributed by atoms with Crippen LogP contribution in [-0.2, 0) is 6.42 Å². The number of nitro benzene ring substituents is 1. The molecule has 7 heteroatoms. The molecule has 0 spiro atoms. The number of rotatable bonds is 5. The summed E-state index contributed by atoms with van der Waals surface area (Å²) in [5.74, 6) is -0.425. The molecule has 0 fully saturated rings. The van der Waals surface area contributed by atoms with E-state index in [1.54, 1.807) is 0 Å². The highest BCUT2D eigenvalue weighted by Gasteiger charge is 2.13. The first-order valence-electron chi connectivity index (χ1n) is 7.67. The van der Waals surface area contributed by atoms with Gasteiger partial charge in [0, 0.05) is 28.6 Å². The molecule has 0 aliphatic carbocycles. The van der Waals surface area contributed by atoms with Crippen molar-refractivity contribution in [2.45, 2.75) is 13.3 Å². The van der Waals surface area contributed by atoms with E-state index in [9.17, 15) is 14.9 Å². The first-order valence-corrected chi connectivity index (χ1v) is 8.55. The highest BCUT2D eigenvalue weighted by Crippen LogP contribution is 2.26. The molecule has 0 saturated carbocycles. The van der Waals surface area contributed by atoms with E-state index in [0.717, 1.165) is 17.7 Å². The number of hydrogen-bond donors (Lipinski definition) is 1. The minimum absolute atomic E-state index is 0.122. The number of nitrogens with one attached hydrogen (secondary N) is 1. The summed E-state index contributed by atoms with van der Waals surface area (Å²) in [6.07, 6.45) is 0.974. The van der Waals surface area contributed by atoms with Crippen molar-refractivity contribution in [1.82, 2.24) is 4.98 Å². The molecule has 3 rings (SSSR count). The standard InChI is InChI=1S/C18H15N3O3S/c1-2-12-6-8-13(9-7-12)16-11-25-18(19-16)20-17(22)14-4-3-5-15(10-14)21(23)24/h3-11H,2H2,1H3,(H,19,20,22). The van der Waals surface area contributed by atoms with Gasteiger partial charge in [-0.2, -0.15) is 0 Å². The molecule has 1 amide bonds. The van der Waals surface area contributed by atoms with Crippen LogP contribution >= 0.6 is 11.3 Å². The van der Waals surface area contributed by atoms with E-state index in [0.29, 0.717) is 5.13 Å². The minimum atomic E-state index is -0.530. The van der Waals surface area contributed by atoms with Crippen LogP contribution in [0.25, 0.3) is 11.3 Å². The van der Waals surface area contributed by atoms with Gasteiger partial charge in [0.25, 0.3) is 11.6 Å². The molecule has 1 N–H and O–H groups in total. The monoisotopic (exact) mass is 353 g/mol. The molecule has 0 atom stereocenters. The van der Waals surface area contributed by atoms with Crippen LogP contribution in [0.2, 0.25) is 0 Å². The van der Waals surface area contributed by atoms with Gasteiger partial charge >= 0.3 is 0 Å². The SMILES string of the molecule is CCc1ccc(-c2csc(NC(=O)c3cccc([N+](=O)[O-])c3)n2)cc1. The minimum Gasteiger partial charge on any atom is -0.298 e. The van der Waals surface area contributed by atoms with Crippen LogP contribution in [0.4, 0.5) is 10.8 Å². The third-order valence-corrected chi connectivity index (χ3v) is 4.46. The number of anilines is 1. The molecule has 0 bridgehead atoms. The highest BCUT2D eigenvalue weighted by atomic mass is 32.1. The second-order valence-electron chi connectivity index (χ2n) is 5.35. The largest absolute Gasteiger partial charge is 0.298 e. The average Bonchev–Trinajstić information content (AvgIpc) is 3.10. The van der Waals surface area contributed by atoms with E-state index >= 15 is 0 Å². The Morgan fingerprint density at radius 3 is 2.68 bits per heavy atom. The number of carbonyl (C=O) groups excluding carboxylic acids is 1. The fraction of sp³-hybridized carbons (Fsp3) is 0.111. The number of hydrogen-bond acceptors (Lipinski definition) is 5. The van der Waals surface area contributed by atoms with Gasteiger partial charge in [0.15, 0.2) is 5.13 Å². The molecule has 25 heavy (non-hydrogen) atoms. The summed E-state index contributed by atoms with van der Waals surface area (Å²) in [5, 5.41) is 15.8. The van der Waals surface area contributed by atoms with E-state index in [2.05, 4.69) is 29.4 Å². The van der Waals surface area contributed by atoms with E-state index in [1.807, 2.05) is 17.5 Å². The number of benzene rings is 2. The van der Waals surface area contributed by atoms with Gasteiger partial charge in [-0.1, -0.05) is 37.3 Å². The Hall–Kier alpha value is -3.06. The first-order chi connectivity index (χ1) is 12.1. The Kier molecular flexibility index (Phi) is 4.85. The maximum absolute atomic E-state index is 12.3. The van der Waals surface area contributed by atoms with Crippen molar-refractivity contribution in [3.63, 3.8) is 0 Å². The van der Waals surface area contributed by atoms with Gasteiger partial charge in [0.2, 0.25) is 0 Å². The number of aryl methyl sites for hydroxylation is 1. The highest BCUT2D eigenvalue weighted by molar-refractivity contribution is 7.14. The Balaban J connectivity index is 1.75. The number of aromatic nitrogens is 1. The molecule has 6 nitrogen and oxygen atoms in total. The van der Waals surface area contributed by atoms with Crippen molar-refractivity contribution in [3.05, 3.63) is 75.2 Å². The molecule has 2 aromatic carbocycles. The second-order valence-corrected chi connectivity index (χ2v) is 6.21. The van der Waals surface area contributed by atoms with Crippen LogP contribution in [-0.4, -0.2) is 15.8 Å². The molecule has 0 radical (unpaired) electrons. The Morgan fingerprint density at radius 1 is 1.24 bits per heavy atom. The smallest absolute Gasteiger partial charge is 0.270 e. The topological polar surface area (TPSA) is 85.1 Å². The second kappa shape index (κ2) is 7.23. The van der Waals surface area contributed by atoms with Crippen LogP contribution in [0.3, 0.4) is 0 Å². The summed E-state index contributed by atoms with van der Waals surface area (Å²) in [6.45, 7) is 2.10. The van der Waals surface area contributed by atoms with Crippen LogP contribution < -0.4 is 5.32 Å². The molecule has 0 saturated heterocycles. The lowest BCUT2D eigenvalue weighted by Crippen LogP contribution is -2.11. The maximum Gasteiger partial charge on any atom is 0.270 e. The Bertz CT molecular complexity index is 919. The molecular formula is C18H15N3O3S. The molecule has 0 unspecified atom stereocenters. The molecule has 3 aromatic rings. The van der Waals surface area contributed by atoms with Crippen molar-refractivity contribution in [2.75, 3.05) is 5.32 Å². The normalized spacial score (nSPS) is 10.4.